The van der Waals surface area contributed by atoms with Gasteiger partial charge in [-0.15, -0.1) is 24.8 Å². The van der Waals surface area contributed by atoms with Crippen LogP contribution in [0, 0.1) is 11.8 Å². The van der Waals surface area contributed by atoms with Gasteiger partial charge in [-0.2, -0.15) is 0 Å². The summed E-state index contributed by atoms with van der Waals surface area (Å²) in [7, 11) is 0. The second kappa shape index (κ2) is 10.8. The van der Waals surface area contributed by atoms with Crippen LogP contribution in [0.25, 0.3) is 0 Å². The zero-order chi connectivity index (χ0) is 16.3. The summed E-state index contributed by atoms with van der Waals surface area (Å²) in [6.45, 7) is 11.8. The summed E-state index contributed by atoms with van der Waals surface area (Å²) in [5, 5.41) is 16.0. The van der Waals surface area contributed by atoms with Crippen molar-refractivity contribution in [3.8, 4) is 0 Å². The first-order valence-electron chi connectivity index (χ1n) is 8.44. The Balaban J connectivity index is 0.00000264. The molecule has 8 heteroatoms. The summed E-state index contributed by atoms with van der Waals surface area (Å²) >= 11 is 0. The molecule has 0 aromatic heterocycles. The Morgan fingerprint density at radius 2 is 1.83 bits per heavy atom. The molecule has 2 rings (SSSR count). The fraction of sp³-hybridized carbons (Fsp3) is 0.938. The first-order valence-corrected chi connectivity index (χ1v) is 8.44. The molecular weight excluding hydrogens is 353 g/mol. The summed E-state index contributed by atoms with van der Waals surface area (Å²) in [5.74, 6) is 0.416. The van der Waals surface area contributed by atoms with Crippen LogP contribution in [0.3, 0.4) is 0 Å². The van der Waals surface area contributed by atoms with Gasteiger partial charge in [0.2, 0.25) is 5.91 Å². The highest BCUT2D eigenvalue weighted by Crippen LogP contribution is 2.19. The SMILES string of the molecule is CC1CN(C(C(=O)NCC2CNCC2O)C(C)C)CC(C)O1.Cl.Cl. The Morgan fingerprint density at radius 3 is 2.29 bits per heavy atom. The Morgan fingerprint density at radius 1 is 1.25 bits per heavy atom. The van der Waals surface area contributed by atoms with Crippen LogP contribution < -0.4 is 10.6 Å². The molecule has 0 aromatic carbocycles. The standard InChI is InChI=1S/C16H31N3O3.2ClH/c1-10(2)15(19-8-11(3)22-12(4)9-19)16(21)18-6-13-5-17-7-14(13)20;;/h10-15,17,20H,5-9H2,1-4H3,(H,18,21);2*1H. The molecule has 5 atom stereocenters. The molecule has 0 aliphatic carbocycles. The number of amides is 1. The second-order valence-corrected chi connectivity index (χ2v) is 7.13. The molecule has 0 radical (unpaired) electrons. The van der Waals surface area contributed by atoms with Crippen molar-refractivity contribution < 1.29 is 14.6 Å². The minimum atomic E-state index is -0.360. The number of β-amino-alcohol motifs (C(OH)–C–C–N with tert-alkyl or cyclic N) is 1. The normalized spacial score (nSPS) is 31.9. The quantitative estimate of drug-likeness (QED) is 0.648. The monoisotopic (exact) mass is 385 g/mol. The summed E-state index contributed by atoms with van der Waals surface area (Å²) in [6, 6.07) is -0.139. The van der Waals surface area contributed by atoms with Gasteiger partial charge in [-0.3, -0.25) is 9.69 Å². The van der Waals surface area contributed by atoms with Crippen molar-refractivity contribution in [1.29, 1.82) is 0 Å². The molecule has 2 saturated heterocycles. The van der Waals surface area contributed by atoms with Gasteiger partial charge < -0.3 is 20.5 Å². The van der Waals surface area contributed by atoms with Crippen molar-refractivity contribution in [3.63, 3.8) is 0 Å². The van der Waals surface area contributed by atoms with Crippen LogP contribution in [0.15, 0.2) is 0 Å². The van der Waals surface area contributed by atoms with E-state index in [1.54, 1.807) is 0 Å². The maximum absolute atomic E-state index is 12.7. The fourth-order valence-corrected chi connectivity index (χ4v) is 3.60. The van der Waals surface area contributed by atoms with Gasteiger partial charge in [-0.1, -0.05) is 13.8 Å². The van der Waals surface area contributed by atoms with Crippen LogP contribution in [-0.2, 0) is 9.53 Å². The third-order valence-electron chi connectivity index (χ3n) is 4.58. The van der Waals surface area contributed by atoms with Crippen molar-refractivity contribution in [2.24, 2.45) is 11.8 Å². The third-order valence-corrected chi connectivity index (χ3v) is 4.58. The summed E-state index contributed by atoms with van der Waals surface area (Å²) in [4.78, 5) is 14.9. The molecule has 6 nitrogen and oxygen atoms in total. The number of rotatable bonds is 5. The van der Waals surface area contributed by atoms with E-state index in [1.165, 1.54) is 0 Å². The van der Waals surface area contributed by atoms with Crippen LogP contribution in [0.5, 0.6) is 0 Å². The van der Waals surface area contributed by atoms with Crippen molar-refractivity contribution in [1.82, 2.24) is 15.5 Å². The lowest BCUT2D eigenvalue weighted by molar-refractivity contribution is -0.135. The zero-order valence-corrected chi connectivity index (χ0v) is 16.7. The maximum atomic E-state index is 12.7. The molecule has 144 valence electrons. The molecule has 2 aliphatic heterocycles. The highest BCUT2D eigenvalue weighted by Gasteiger charge is 2.34. The molecule has 1 amide bonds. The highest BCUT2D eigenvalue weighted by molar-refractivity contribution is 5.85. The minimum Gasteiger partial charge on any atom is -0.391 e. The van der Waals surface area contributed by atoms with Gasteiger partial charge in [-0.05, 0) is 19.8 Å². The fourth-order valence-electron chi connectivity index (χ4n) is 3.60. The number of nitrogens with zero attached hydrogens (tertiary/aromatic N) is 1. The van der Waals surface area contributed by atoms with Gasteiger partial charge in [0.1, 0.15) is 0 Å². The largest absolute Gasteiger partial charge is 0.391 e. The number of halogens is 2. The average Bonchev–Trinajstić information content (AvgIpc) is 2.80. The van der Waals surface area contributed by atoms with Crippen LogP contribution in [0.4, 0.5) is 0 Å². The van der Waals surface area contributed by atoms with Crippen LogP contribution in [0.1, 0.15) is 27.7 Å². The molecule has 3 N–H and O–H groups in total. The number of carbonyl (C=O) groups excluding carboxylic acids is 1. The van der Waals surface area contributed by atoms with Gasteiger partial charge >= 0.3 is 0 Å². The van der Waals surface area contributed by atoms with E-state index in [4.69, 9.17) is 4.74 Å². The Labute approximate surface area is 157 Å². The topological polar surface area (TPSA) is 73.8 Å². The summed E-state index contributed by atoms with van der Waals surface area (Å²) < 4.78 is 5.77. The molecule has 2 aliphatic rings. The molecule has 0 spiro atoms. The Hall–Kier alpha value is -0.110. The van der Waals surface area contributed by atoms with Crippen LogP contribution >= 0.6 is 24.8 Å². The third kappa shape index (κ3) is 6.32. The van der Waals surface area contributed by atoms with E-state index in [2.05, 4.69) is 43.2 Å². The summed E-state index contributed by atoms with van der Waals surface area (Å²) in [6.07, 6.45) is -0.0569. The first-order chi connectivity index (χ1) is 10.4. The molecule has 24 heavy (non-hydrogen) atoms. The number of nitrogens with one attached hydrogen (secondary N) is 2. The van der Waals surface area contributed by atoms with Crippen molar-refractivity contribution in [2.45, 2.75) is 52.0 Å². The number of aliphatic hydroxyl groups excluding tert-OH is 1. The first kappa shape index (κ1) is 23.9. The smallest absolute Gasteiger partial charge is 0.237 e. The van der Waals surface area contributed by atoms with Crippen molar-refractivity contribution in [2.75, 3.05) is 32.7 Å². The lowest BCUT2D eigenvalue weighted by Gasteiger charge is -2.41. The van der Waals surface area contributed by atoms with E-state index in [9.17, 15) is 9.90 Å². The van der Waals surface area contributed by atoms with E-state index in [-0.39, 0.29) is 66.9 Å². The molecule has 0 saturated carbocycles. The van der Waals surface area contributed by atoms with E-state index < -0.39 is 0 Å². The van der Waals surface area contributed by atoms with Crippen molar-refractivity contribution in [3.05, 3.63) is 0 Å². The number of hydrogen-bond donors (Lipinski definition) is 3. The second-order valence-electron chi connectivity index (χ2n) is 7.13. The van der Waals surface area contributed by atoms with Gasteiger partial charge in [0.05, 0.1) is 24.4 Å². The molecule has 0 bridgehead atoms. The highest BCUT2D eigenvalue weighted by atomic mass is 35.5. The molecule has 2 fully saturated rings. The van der Waals surface area contributed by atoms with E-state index >= 15 is 0 Å². The van der Waals surface area contributed by atoms with Crippen molar-refractivity contribution >= 4 is 30.7 Å². The summed E-state index contributed by atoms with van der Waals surface area (Å²) in [5.41, 5.74) is 0. The number of carbonyl (C=O) groups is 1. The Bertz CT molecular complexity index is 378. The zero-order valence-electron chi connectivity index (χ0n) is 15.0. The van der Waals surface area contributed by atoms with E-state index in [1.807, 2.05) is 0 Å². The van der Waals surface area contributed by atoms with E-state index in [0.29, 0.717) is 13.1 Å². The molecule has 2 heterocycles. The number of aliphatic hydroxyl groups is 1. The van der Waals surface area contributed by atoms with Crippen LogP contribution in [-0.4, -0.2) is 73.0 Å². The van der Waals surface area contributed by atoms with Gasteiger partial charge in [0.15, 0.2) is 0 Å². The predicted octanol–water partition coefficient (Wildman–Crippen LogP) is 0.660. The maximum Gasteiger partial charge on any atom is 0.237 e. The van der Waals surface area contributed by atoms with Gasteiger partial charge in [0, 0.05) is 38.6 Å². The number of hydrogen-bond acceptors (Lipinski definition) is 5. The lowest BCUT2D eigenvalue weighted by Crippen LogP contribution is -2.57. The predicted molar refractivity (Wildman–Crippen MR) is 100 cm³/mol. The Kier molecular flexibility index (Phi) is 10.7. The van der Waals surface area contributed by atoms with Gasteiger partial charge in [-0.25, -0.2) is 0 Å². The number of morpholine rings is 1. The number of ether oxygens (including phenoxy) is 1. The lowest BCUT2D eigenvalue weighted by atomic mass is 9.99. The van der Waals surface area contributed by atoms with Crippen LogP contribution in [0.2, 0.25) is 0 Å². The molecule has 0 aromatic rings. The molecule has 5 unspecified atom stereocenters. The van der Waals surface area contributed by atoms with E-state index in [0.717, 1.165) is 19.6 Å². The molecular formula is C16H33Cl2N3O3. The van der Waals surface area contributed by atoms with Gasteiger partial charge in [0.25, 0.3) is 0 Å². The minimum absolute atomic E-state index is 0. The average molecular weight is 386 g/mol.